The number of nitrogens with zero attached hydrogens (tertiary/aromatic N) is 1. The molecular weight excluding hydrogens is 232 g/mol. The van der Waals surface area contributed by atoms with Crippen molar-refractivity contribution in [3.05, 3.63) is 59.4 Å². The van der Waals surface area contributed by atoms with Crippen molar-refractivity contribution in [2.75, 3.05) is 5.32 Å². The molecule has 1 atom stereocenters. The van der Waals surface area contributed by atoms with Gasteiger partial charge >= 0.3 is 0 Å². The number of pyridine rings is 1. The lowest BCUT2D eigenvalue weighted by Crippen LogP contribution is -2.05. The van der Waals surface area contributed by atoms with Crippen LogP contribution in [0.4, 0.5) is 5.69 Å². The highest BCUT2D eigenvalue weighted by atomic mass is 15.0. The first-order valence-corrected chi connectivity index (χ1v) is 7.15. The molecule has 0 radical (unpaired) electrons. The number of fused-ring (bicyclic) bond motifs is 1. The van der Waals surface area contributed by atoms with Gasteiger partial charge in [-0.15, -0.1) is 0 Å². The Morgan fingerprint density at radius 2 is 2.26 bits per heavy atom. The summed E-state index contributed by atoms with van der Waals surface area (Å²) in [5.41, 5.74) is 5.47. The maximum Gasteiger partial charge on any atom is 0.0570 e. The second-order valence-electron chi connectivity index (χ2n) is 5.28. The molecule has 2 heterocycles. The molecule has 2 aromatic rings. The van der Waals surface area contributed by atoms with Crippen molar-refractivity contribution in [1.29, 1.82) is 0 Å². The van der Waals surface area contributed by atoms with Crippen LogP contribution in [0.1, 0.15) is 42.5 Å². The van der Waals surface area contributed by atoms with Crippen LogP contribution in [0, 0.1) is 0 Å². The molecule has 0 bridgehead atoms. The van der Waals surface area contributed by atoms with Gasteiger partial charge in [0.25, 0.3) is 0 Å². The average Bonchev–Trinajstić information content (AvgIpc) is 2.89. The molecule has 1 aromatic carbocycles. The van der Waals surface area contributed by atoms with Crippen molar-refractivity contribution >= 4 is 5.69 Å². The molecule has 0 aliphatic carbocycles. The van der Waals surface area contributed by atoms with E-state index in [1.807, 2.05) is 18.5 Å². The Bertz CT molecular complexity index is 548. The van der Waals surface area contributed by atoms with Gasteiger partial charge in [0.1, 0.15) is 0 Å². The van der Waals surface area contributed by atoms with Gasteiger partial charge < -0.3 is 5.32 Å². The van der Waals surface area contributed by atoms with Gasteiger partial charge in [-0.05, 0) is 48.1 Å². The molecule has 2 heteroatoms. The smallest absolute Gasteiger partial charge is 0.0570 e. The summed E-state index contributed by atoms with van der Waals surface area (Å²) in [5.74, 6) is 0. The lowest BCUT2D eigenvalue weighted by Gasteiger charge is -2.10. The van der Waals surface area contributed by atoms with Crippen LogP contribution in [0.2, 0.25) is 0 Å². The summed E-state index contributed by atoms with van der Waals surface area (Å²) in [6.07, 6.45) is 8.59. The summed E-state index contributed by atoms with van der Waals surface area (Å²) >= 11 is 0. The summed E-state index contributed by atoms with van der Waals surface area (Å²) in [6.45, 7) is 2.24. The third kappa shape index (κ3) is 2.62. The number of nitrogens with one attached hydrogen (secondary N) is 1. The number of unbranched alkanes of at least 4 members (excludes halogenated alkanes) is 1. The number of benzene rings is 1. The highest BCUT2D eigenvalue weighted by molar-refractivity contribution is 5.59. The normalized spacial score (nSPS) is 17.0. The molecule has 1 aromatic heterocycles. The van der Waals surface area contributed by atoms with Crippen molar-refractivity contribution in [2.24, 2.45) is 0 Å². The Hall–Kier alpha value is -1.83. The second kappa shape index (κ2) is 5.43. The molecule has 0 saturated heterocycles. The van der Waals surface area contributed by atoms with Crippen molar-refractivity contribution < 1.29 is 0 Å². The van der Waals surface area contributed by atoms with Gasteiger partial charge in [0, 0.05) is 18.1 Å². The van der Waals surface area contributed by atoms with Crippen molar-refractivity contribution in [2.45, 2.75) is 38.6 Å². The Balaban J connectivity index is 1.77. The van der Waals surface area contributed by atoms with E-state index in [9.17, 15) is 0 Å². The fraction of sp³-hybridized carbons (Fsp3) is 0.353. The predicted octanol–water partition coefficient (Wildman–Crippen LogP) is 4.13. The van der Waals surface area contributed by atoms with E-state index in [1.165, 1.54) is 41.6 Å². The number of aryl methyl sites for hydroxylation is 1. The Morgan fingerprint density at radius 1 is 1.32 bits per heavy atom. The Morgan fingerprint density at radius 3 is 3.05 bits per heavy atom. The van der Waals surface area contributed by atoms with Gasteiger partial charge in [-0.1, -0.05) is 31.5 Å². The zero-order chi connectivity index (χ0) is 13.1. The lowest BCUT2D eigenvalue weighted by molar-refractivity contribution is 0.791. The molecule has 2 nitrogen and oxygen atoms in total. The highest BCUT2D eigenvalue weighted by Crippen LogP contribution is 2.34. The van der Waals surface area contributed by atoms with E-state index in [0.717, 1.165) is 6.42 Å². The van der Waals surface area contributed by atoms with E-state index in [2.05, 4.69) is 41.5 Å². The summed E-state index contributed by atoms with van der Waals surface area (Å²) in [7, 11) is 0. The van der Waals surface area contributed by atoms with Crippen LogP contribution in [0.15, 0.2) is 42.7 Å². The van der Waals surface area contributed by atoms with Crippen LogP contribution in [-0.4, -0.2) is 4.98 Å². The molecular formula is C17H20N2. The maximum absolute atomic E-state index is 4.21. The number of aromatic nitrogens is 1. The lowest BCUT2D eigenvalue weighted by atomic mass is 10.0. The first-order valence-electron chi connectivity index (χ1n) is 7.15. The number of hydrogen-bond acceptors (Lipinski definition) is 2. The van der Waals surface area contributed by atoms with Crippen molar-refractivity contribution in [1.82, 2.24) is 4.98 Å². The summed E-state index contributed by atoms with van der Waals surface area (Å²) in [5, 5.41) is 3.59. The number of hydrogen-bond donors (Lipinski definition) is 1. The minimum Gasteiger partial charge on any atom is -0.378 e. The molecule has 1 unspecified atom stereocenters. The molecule has 98 valence electrons. The van der Waals surface area contributed by atoms with Gasteiger partial charge in [0.2, 0.25) is 0 Å². The third-order valence-corrected chi connectivity index (χ3v) is 3.83. The molecule has 3 rings (SSSR count). The predicted molar refractivity (Wildman–Crippen MR) is 79.4 cm³/mol. The van der Waals surface area contributed by atoms with Gasteiger partial charge in [-0.2, -0.15) is 0 Å². The minimum atomic E-state index is 0.380. The van der Waals surface area contributed by atoms with E-state index in [-0.39, 0.29) is 0 Å². The van der Waals surface area contributed by atoms with E-state index < -0.39 is 0 Å². The maximum atomic E-state index is 4.21. The van der Waals surface area contributed by atoms with Crippen LogP contribution >= 0.6 is 0 Å². The molecule has 1 aliphatic rings. The third-order valence-electron chi connectivity index (χ3n) is 3.83. The molecule has 0 amide bonds. The van der Waals surface area contributed by atoms with Gasteiger partial charge in [0.15, 0.2) is 0 Å². The second-order valence-corrected chi connectivity index (χ2v) is 5.28. The first kappa shape index (κ1) is 12.2. The van der Waals surface area contributed by atoms with E-state index in [4.69, 9.17) is 0 Å². The van der Waals surface area contributed by atoms with Crippen LogP contribution in [-0.2, 0) is 12.8 Å². The van der Waals surface area contributed by atoms with Gasteiger partial charge in [0.05, 0.1) is 6.04 Å². The Labute approximate surface area is 114 Å². The molecule has 0 saturated carbocycles. The van der Waals surface area contributed by atoms with Crippen molar-refractivity contribution in [3.8, 4) is 0 Å². The zero-order valence-electron chi connectivity index (χ0n) is 11.4. The zero-order valence-corrected chi connectivity index (χ0v) is 11.4. The van der Waals surface area contributed by atoms with Crippen LogP contribution in [0.5, 0.6) is 0 Å². The molecule has 19 heavy (non-hydrogen) atoms. The van der Waals surface area contributed by atoms with E-state index >= 15 is 0 Å². The SMILES string of the molecule is CCCCc1ccc2c(c1)CC(c1cccnc1)N2. The first-order chi connectivity index (χ1) is 9.36. The molecule has 1 N–H and O–H groups in total. The summed E-state index contributed by atoms with van der Waals surface area (Å²) in [4.78, 5) is 4.21. The Kier molecular flexibility index (Phi) is 3.49. The summed E-state index contributed by atoms with van der Waals surface area (Å²) < 4.78 is 0. The van der Waals surface area contributed by atoms with Crippen molar-refractivity contribution in [3.63, 3.8) is 0 Å². The van der Waals surface area contributed by atoms with Crippen LogP contribution in [0.3, 0.4) is 0 Å². The highest BCUT2D eigenvalue weighted by Gasteiger charge is 2.21. The largest absolute Gasteiger partial charge is 0.378 e. The monoisotopic (exact) mass is 252 g/mol. The fourth-order valence-corrected chi connectivity index (χ4v) is 2.74. The topological polar surface area (TPSA) is 24.9 Å². The number of rotatable bonds is 4. The quantitative estimate of drug-likeness (QED) is 0.884. The standard InChI is InChI=1S/C17H20N2/c1-2-3-5-13-7-8-16-15(10-13)11-17(19-16)14-6-4-9-18-12-14/h4,6-10,12,17,19H,2-3,5,11H2,1H3. The minimum absolute atomic E-state index is 0.380. The van der Waals surface area contributed by atoms with Crippen LogP contribution in [0.25, 0.3) is 0 Å². The van der Waals surface area contributed by atoms with Gasteiger partial charge in [-0.25, -0.2) is 0 Å². The fourth-order valence-electron chi connectivity index (χ4n) is 2.74. The van der Waals surface area contributed by atoms with Gasteiger partial charge in [-0.3, -0.25) is 4.98 Å². The average molecular weight is 252 g/mol. The number of anilines is 1. The summed E-state index contributed by atoms with van der Waals surface area (Å²) in [6, 6.07) is 11.4. The van der Waals surface area contributed by atoms with E-state index in [1.54, 1.807) is 0 Å². The molecule has 0 fully saturated rings. The molecule has 0 spiro atoms. The van der Waals surface area contributed by atoms with E-state index in [0.29, 0.717) is 6.04 Å². The van der Waals surface area contributed by atoms with Crippen LogP contribution < -0.4 is 5.32 Å². The molecule has 1 aliphatic heterocycles.